The number of aromatic amines is 1. The summed E-state index contributed by atoms with van der Waals surface area (Å²) in [6.45, 7) is 4.68. The maximum Gasteiger partial charge on any atom is 0.223 e. The predicted octanol–water partition coefficient (Wildman–Crippen LogP) is 2.23. The third-order valence-electron chi connectivity index (χ3n) is 5.27. The average molecular weight is 367 g/mol. The number of carbonyl (C=O) groups excluding carboxylic acids is 1. The third-order valence-corrected chi connectivity index (χ3v) is 5.27. The second-order valence-corrected chi connectivity index (χ2v) is 7.13. The lowest BCUT2D eigenvalue weighted by Crippen LogP contribution is -2.36. The van der Waals surface area contributed by atoms with Crippen molar-refractivity contribution in [2.24, 2.45) is 0 Å². The zero-order valence-electron chi connectivity index (χ0n) is 15.9. The van der Waals surface area contributed by atoms with E-state index in [1.165, 1.54) is 16.5 Å². The predicted molar refractivity (Wildman–Crippen MR) is 102 cm³/mol. The van der Waals surface area contributed by atoms with Crippen LogP contribution >= 0.6 is 0 Å². The Hall–Kier alpha value is -2.67. The van der Waals surface area contributed by atoms with Gasteiger partial charge in [0.25, 0.3) is 0 Å². The fourth-order valence-corrected chi connectivity index (χ4v) is 3.73. The van der Waals surface area contributed by atoms with Crippen LogP contribution in [0, 0.1) is 6.92 Å². The summed E-state index contributed by atoms with van der Waals surface area (Å²) in [5, 5.41) is 9.68. The van der Waals surface area contributed by atoms with E-state index in [2.05, 4.69) is 40.4 Å². The van der Waals surface area contributed by atoms with E-state index in [1.54, 1.807) is 7.11 Å². The van der Waals surface area contributed by atoms with Gasteiger partial charge >= 0.3 is 0 Å². The molecule has 0 spiro atoms. The fourth-order valence-electron chi connectivity index (χ4n) is 3.73. The van der Waals surface area contributed by atoms with Gasteiger partial charge in [-0.1, -0.05) is 16.8 Å². The molecular weight excluding hydrogens is 342 g/mol. The van der Waals surface area contributed by atoms with Gasteiger partial charge < -0.3 is 14.6 Å². The number of hydrogen-bond donors (Lipinski definition) is 1. The summed E-state index contributed by atoms with van der Waals surface area (Å²) < 4.78 is 7.01. The molecule has 3 heterocycles. The van der Waals surface area contributed by atoms with Crippen LogP contribution in [0.5, 0.6) is 0 Å². The van der Waals surface area contributed by atoms with Gasteiger partial charge in [0.1, 0.15) is 5.69 Å². The molecule has 0 aliphatic carbocycles. The minimum absolute atomic E-state index is 0.175. The number of fused-ring (bicyclic) bond motifs is 2. The van der Waals surface area contributed by atoms with Crippen LogP contribution in [0.4, 0.5) is 0 Å². The summed E-state index contributed by atoms with van der Waals surface area (Å²) >= 11 is 0. The number of hydrogen-bond acceptors (Lipinski definition) is 4. The molecule has 0 fully saturated rings. The van der Waals surface area contributed by atoms with E-state index in [4.69, 9.17) is 4.74 Å². The molecule has 3 aromatic rings. The molecule has 0 unspecified atom stereocenters. The largest absolute Gasteiger partial charge is 0.383 e. The Morgan fingerprint density at radius 1 is 1.37 bits per heavy atom. The van der Waals surface area contributed by atoms with Gasteiger partial charge in [0.05, 0.1) is 25.4 Å². The van der Waals surface area contributed by atoms with Gasteiger partial charge in [0.15, 0.2) is 0 Å². The number of carbonyl (C=O) groups is 1. The highest BCUT2D eigenvalue weighted by Crippen LogP contribution is 2.22. The molecule has 27 heavy (non-hydrogen) atoms. The van der Waals surface area contributed by atoms with Gasteiger partial charge in [-0.15, -0.1) is 5.10 Å². The number of nitrogens with one attached hydrogen (secondary N) is 1. The minimum atomic E-state index is 0.175. The van der Waals surface area contributed by atoms with E-state index in [1.807, 2.05) is 15.8 Å². The summed E-state index contributed by atoms with van der Waals surface area (Å²) in [6, 6.07) is 6.37. The molecular formula is C20H25N5O2. The van der Waals surface area contributed by atoms with Gasteiger partial charge in [-0.2, -0.15) is 0 Å². The third kappa shape index (κ3) is 3.60. The van der Waals surface area contributed by atoms with E-state index in [0.717, 1.165) is 36.3 Å². The lowest BCUT2D eigenvalue weighted by Gasteiger charge is -2.26. The first-order valence-corrected chi connectivity index (χ1v) is 9.40. The quantitative estimate of drug-likeness (QED) is 0.725. The SMILES string of the molecule is COCCn1nnc2c1CCN(C(=O)CCc1c[nH]c3ccc(C)cc13)C2. The average Bonchev–Trinajstić information content (AvgIpc) is 3.27. The summed E-state index contributed by atoms with van der Waals surface area (Å²) in [7, 11) is 1.68. The summed E-state index contributed by atoms with van der Waals surface area (Å²) in [5.74, 6) is 0.175. The maximum atomic E-state index is 12.7. The van der Waals surface area contributed by atoms with Crippen molar-refractivity contribution >= 4 is 16.8 Å². The summed E-state index contributed by atoms with van der Waals surface area (Å²) in [4.78, 5) is 17.9. The molecule has 0 saturated heterocycles. The monoisotopic (exact) mass is 367 g/mol. The number of H-pyrrole nitrogens is 1. The van der Waals surface area contributed by atoms with Gasteiger partial charge in [0.2, 0.25) is 5.91 Å². The number of benzene rings is 1. The van der Waals surface area contributed by atoms with Crippen molar-refractivity contribution in [3.8, 4) is 0 Å². The first-order valence-electron chi connectivity index (χ1n) is 9.40. The van der Waals surface area contributed by atoms with Crippen LogP contribution in [-0.2, 0) is 35.5 Å². The number of ether oxygens (including phenoxy) is 1. The molecule has 7 nitrogen and oxygen atoms in total. The van der Waals surface area contributed by atoms with Crippen LogP contribution in [0.3, 0.4) is 0 Å². The van der Waals surface area contributed by atoms with E-state index < -0.39 is 0 Å². The Morgan fingerprint density at radius 3 is 3.11 bits per heavy atom. The smallest absolute Gasteiger partial charge is 0.223 e. The first-order chi connectivity index (χ1) is 13.2. The topological polar surface area (TPSA) is 76.0 Å². The van der Waals surface area contributed by atoms with Crippen molar-refractivity contribution in [3.63, 3.8) is 0 Å². The highest BCUT2D eigenvalue weighted by Gasteiger charge is 2.25. The summed E-state index contributed by atoms with van der Waals surface area (Å²) in [5.41, 5.74) is 5.59. The molecule has 4 rings (SSSR count). The number of methoxy groups -OCH3 is 1. The molecule has 0 saturated carbocycles. The molecule has 0 atom stereocenters. The molecule has 1 N–H and O–H groups in total. The lowest BCUT2D eigenvalue weighted by atomic mass is 10.1. The second-order valence-electron chi connectivity index (χ2n) is 7.13. The number of aryl methyl sites for hydroxylation is 2. The van der Waals surface area contributed by atoms with Crippen molar-refractivity contribution in [2.75, 3.05) is 20.3 Å². The first kappa shape index (κ1) is 17.7. The Bertz CT molecular complexity index is 959. The van der Waals surface area contributed by atoms with Crippen LogP contribution < -0.4 is 0 Å². The minimum Gasteiger partial charge on any atom is -0.383 e. The van der Waals surface area contributed by atoms with E-state index in [0.29, 0.717) is 26.1 Å². The van der Waals surface area contributed by atoms with Crippen LogP contribution in [0.1, 0.15) is 28.9 Å². The molecule has 1 aromatic carbocycles. The highest BCUT2D eigenvalue weighted by atomic mass is 16.5. The van der Waals surface area contributed by atoms with Gasteiger partial charge in [0, 0.05) is 43.6 Å². The van der Waals surface area contributed by atoms with Crippen molar-refractivity contribution in [1.82, 2.24) is 24.9 Å². The van der Waals surface area contributed by atoms with Crippen molar-refractivity contribution in [3.05, 3.63) is 46.9 Å². The van der Waals surface area contributed by atoms with E-state index in [9.17, 15) is 4.79 Å². The molecule has 0 bridgehead atoms. The zero-order valence-corrected chi connectivity index (χ0v) is 15.9. The molecule has 0 radical (unpaired) electrons. The zero-order chi connectivity index (χ0) is 18.8. The second kappa shape index (κ2) is 7.52. The molecule has 142 valence electrons. The summed E-state index contributed by atoms with van der Waals surface area (Å²) in [6.07, 6.45) is 4.07. The number of nitrogens with zero attached hydrogens (tertiary/aromatic N) is 4. The Kier molecular flexibility index (Phi) is 4.94. The van der Waals surface area contributed by atoms with Crippen LogP contribution in [0.15, 0.2) is 24.4 Å². The van der Waals surface area contributed by atoms with Crippen LogP contribution in [-0.4, -0.2) is 51.0 Å². The van der Waals surface area contributed by atoms with E-state index in [-0.39, 0.29) is 5.91 Å². The Morgan fingerprint density at radius 2 is 2.26 bits per heavy atom. The van der Waals surface area contributed by atoms with E-state index >= 15 is 0 Å². The number of rotatable bonds is 6. The van der Waals surface area contributed by atoms with Crippen molar-refractivity contribution in [1.29, 1.82) is 0 Å². The van der Waals surface area contributed by atoms with Crippen LogP contribution in [0.25, 0.3) is 10.9 Å². The highest BCUT2D eigenvalue weighted by molar-refractivity contribution is 5.85. The fraction of sp³-hybridized carbons (Fsp3) is 0.450. The molecule has 2 aromatic heterocycles. The normalized spacial score (nSPS) is 13.9. The number of aromatic nitrogens is 4. The standard InChI is InChI=1S/C20H25N5O2/c1-14-3-5-17-16(11-14)15(12-21-17)4-6-20(26)24-8-7-19-18(13-24)22-23-25(19)9-10-27-2/h3,5,11-12,21H,4,6-10,13H2,1-2H3. The Labute approximate surface area is 158 Å². The van der Waals surface area contributed by atoms with Gasteiger partial charge in [-0.25, -0.2) is 4.68 Å². The maximum absolute atomic E-state index is 12.7. The molecule has 1 aliphatic heterocycles. The Balaban J connectivity index is 1.39. The van der Waals surface area contributed by atoms with Crippen molar-refractivity contribution in [2.45, 2.75) is 39.3 Å². The lowest BCUT2D eigenvalue weighted by molar-refractivity contribution is -0.132. The van der Waals surface area contributed by atoms with Gasteiger partial charge in [-0.3, -0.25) is 4.79 Å². The van der Waals surface area contributed by atoms with Crippen LogP contribution in [0.2, 0.25) is 0 Å². The molecule has 7 heteroatoms. The van der Waals surface area contributed by atoms with Gasteiger partial charge in [-0.05, 0) is 31.0 Å². The van der Waals surface area contributed by atoms with Crippen molar-refractivity contribution < 1.29 is 9.53 Å². The molecule has 1 aliphatic rings. The number of amides is 1. The molecule has 1 amide bonds.